The molecule has 0 bridgehead atoms. The summed E-state index contributed by atoms with van der Waals surface area (Å²) >= 11 is 1.06. The molecular weight excluding hydrogens is 434 g/mol. The number of β-lactam (4-membered cyclic amide) rings is 1. The first-order valence-corrected chi connectivity index (χ1v) is 10.5. The van der Waals surface area contributed by atoms with Crippen LogP contribution in [0.3, 0.4) is 0 Å². The predicted molar refractivity (Wildman–Crippen MR) is 106 cm³/mol. The summed E-state index contributed by atoms with van der Waals surface area (Å²) in [4.78, 5) is 62.9. The third kappa shape index (κ3) is 4.18. The van der Waals surface area contributed by atoms with Gasteiger partial charge in [-0.3, -0.25) is 24.1 Å². The standard InChI is InChI=1S/C18H25N3O9S/c1-3-11(23)21(12(24)6-4-5-10(19)14(25)26)18(30-2)16(29)20-13(15(27)28)9(7-22)8-31-17(18)20/h10,17,22H,3-8,19H2,1-2H3,(H,25,26)(H,27,28)/t10?,17-,18?/m0/s1. The number of ether oxygens (including phenoxy) is 1. The van der Waals surface area contributed by atoms with E-state index in [1.54, 1.807) is 0 Å². The number of aliphatic carboxylic acids is 2. The highest BCUT2D eigenvalue weighted by Crippen LogP contribution is 2.49. The first kappa shape index (κ1) is 24.8. The third-order valence-electron chi connectivity index (χ3n) is 5.15. The number of nitrogens with zero attached hydrogens (tertiary/aromatic N) is 2. The van der Waals surface area contributed by atoms with Crippen molar-refractivity contribution in [1.29, 1.82) is 0 Å². The highest BCUT2D eigenvalue weighted by molar-refractivity contribution is 8.00. The van der Waals surface area contributed by atoms with Crippen LogP contribution in [0.2, 0.25) is 0 Å². The zero-order valence-electron chi connectivity index (χ0n) is 17.1. The molecule has 0 radical (unpaired) electrons. The number of aliphatic hydroxyl groups is 1. The molecule has 0 aromatic heterocycles. The smallest absolute Gasteiger partial charge is 0.352 e. The third-order valence-corrected chi connectivity index (χ3v) is 6.51. The van der Waals surface area contributed by atoms with Crippen molar-refractivity contribution < 1.29 is 44.0 Å². The first-order valence-electron chi connectivity index (χ1n) is 9.49. The topological polar surface area (TPSA) is 188 Å². The van der Waals surface area contributed by atoms with Crippen molar-refractivity contribution in [2.45, 2.75) is 49.7 Å². The van der Waals surface area contributed by atoms with E-state index in [0.29, 0.717) is 4.90 Å². The number of carbonyl (C=O) groups excluding carboxylic acids is 3. The number of fused-ring (bicyclic) bond motifs is 1. The molecule has 2 rings (SSSR count). The van der Waals surface area contributed by atoms with E-state index in [9.17, 15) is 34.2 Å². The summed E-state index contributed by atoms with van der Waals surface area (Å²) < 4.78 is 5.40. The lowest BCUT2D eigenvalue weighted by Crippen LogP contribution is -2.82. The van der Waals surface area contributed by atoms with Gasteiger partial charge in [0.2, 0.25) is 11.8 Å². The maximum Gasteiger partial charge on any atom is 0.352 e. The quantitative estimate of drug-likeness (QED) is 0.230. The van der Waals surface area contributed by atoms with E-state index in [-0.39, 0.29) is 37.0 Å². The van der Waals surface area contributed by atoms with Gasteiger partial charge in [0.15, 0.2) is 0 Å². The minimum atomic E-state index is -2.04. The maximum atomic E-state index is 13.1. The predicted octanol–water partition coefficient (Wildman–Crippen LogP) is -1.08. The lowest BCUT2D eigenvalue weighted by atomic mass is 9.95. The number of imide groups is 1. The number of aliphatic hydroxyl groups excluding tert-OH is 1. The van der Waals surface area contributed by atoms with E-state index < -0.39 is 59.1 Å². The number of methoxy groups -OCH3 is 1. The SMILES string of the molecule is CCC(=O)N(C(=O)CCCC(N)C(=O)O)C1(OC)C(=O)N2C(C(=O)O)=C(CO)CS[C@H]21. The van der Waals surface area contributed by atoms with Crippen molar-refractivity contribution in [1.82, 2.24) is 9.80 Å². The molecule has 3 amide bonds. The summed E-state index contributed by atoms with van der Waals surface area (Å²) in [6, 6.07) is -1.17. The fourth-order valence-electron chi connectivity index (χ4n) is 3.55. The van der Waals surface area contributed by atoms with Crippen molar-refractivity contribution in [3.63, 3.8) is 0 Å². The minimum Gasteiger partial charge on any atom is -0.480 e. The molecular formula is C18H25N3O9S. The van der Waals surface area contributed by atoms with Gasteiger partial charge in [-0.25, -0.2) is 9.69 Å². The molecule has 5 N–H and O–H groups in total. The van der Waals surface area contributed by atoms with Crippen LogP contribution in [0.4, 0.5) is 0 Å². The molecule has 0 aromatic rings. The van der Waals surface area contributed by atoms with Crippen LogP contribution in [0.1, 0.15) is 32.6 Å². The molecule has 2 unspecified atom stereocenters. The number of thioether (sulfide) groups is 1. The second-order valence-corrected chi connectivity index (χ2v) is 8.04. The van der Waals surface area contributed by atoms with Crippen LogP contribution in [0.25, 0.3) is 0 Å². The fraction of sp³-hybridized carbons (Fsp3) is 0.611. The maximum absolute atomic E-state index is 13.1. The molecule has 13 heteroatoms. The van der Waals surface area contributed by atoms with Crippen LogP contribution in [0, 0.1) is 0 Å². The van der Waals surface area contributed by atoms with Gasteiger partial charge in [-0.2, -0.15) is 0 Å². The number of hydrogen-bond acceptors (Lipinski definition) is 9. The lowest BCUT2D eigenvalue weighted by molar-refractivity contribution is -0.223. The highest BCUT2D eigenvalue weighted by Gasteiger charge is 2.70. The molecule has 0 aromatic carbocycles. The molecule has 0 aliphatic carbocycles. The second kappa shape index (κ2) is 9.77. The number of carboxylic acids is 2. The summed E-state index contributed by atoms with van der Waals surface area (Å²) in [7, 11) is 1.14. The molecule has 3 atom stereocenters. The van der Waals surface area contributed by atoms with Gasteiger partial charge in [0, 0.05) is 25.7 Å². The van der Waals surface area contributed by atoms with Crippen molar-refractivity contribution in [3.05, 3.63) is 11.3 Å². The average Bonchev–Trinajstić information content (AvgIpc) is 2.74. The Hall–Kier alpha value is -2.48. The molecule has 2 aliphatic rings. The number of carbonyl (C=O) groups is 5. The normalized spacial score (nSPS) is 23.7. The molecule has 1 fully saturated rings. The highest BCUT2D eigenvalue weighted by atomic mass is 32.2. The van der Waals surface area contributed by atoms with E-state index in [1.165, 1.54) is 6.92 Å². The second-order valence-electron chi connectivity index (χ2n) is 6.97. The van der Waals surface area contributed by atoms with E-state index >= 15 is 0 Å². The molecule has 172 valence electrons. The molecule has 2 aliphatic heterocycles. The van der Waals surface area contributed by atoms with E-state index in [2.05, 4.69) is 0 Å². The number of nitrogens with two attached hydrogens (primary N) is 1. The van der Waals surface area contributed by atoms with Crippen molar-refractivity contribution in [3.8, 4) is 0 Å². The Bertz CT molecular complexity index is 830. The van der Waals surface area contributed by atoms with Gasteiger partial charge in [-0.1, -0.05) is 6.92 Å². The number of carboxylic acid groups (broad SMARTS) is 2. The fourth-order valence-corrected chi connectivity index (χ4v) is 5.02. The van der Waals surface area contributed by atoms with Gasteiger partial charge < -0.3 is 25.8 Å². The van der Waals surface area contributed by atoms with Crippen LogP contribution < -0.4 is 5.73 Å². The lowest BCUT2D eigenvalue weighted by Gasteiger charge is -2.58. The molecule has 0 spiro atoms. The van der Waals surface area contributed by atoms with E-state index in [0.717, 1.165) is 23.8 Å². The summed E-state index contributed by atoms with van der Waals surface area (Å²) in [5.41, 5.74) is 3.13. The molecule has 0 saturated carbocycles. The van der Waals surface area contributed by atoms with Crippen molar-refractivity contribution >= 4 is 41.4 Å². The largest absolute Gasteiger partial charge is 0.480 e. The molecule has 12 nitrogen and oxygen atoms in total. The monoisotopic (exact) mass is 459 g/mol. The zero-order valence-corrected chi connectivity index (χ0v) is 17.9. The number of amides is 3. The van der Waals surface area contributed by atoms with Gasteiger partial charge in [-0.05, 0) is 18.4 Å². The Labute approximate surface area is 182 Å². The summed E-state index contributed by atoms with van der Waals surface area (Å²) in [5, 5.41) is 26.8. The van der Waals surface area contributed by atoms with Crippen LogP contribution in [-0.4, -0.2) is 91.4 Å². The summed E-state index contributed by atoms with van der Waals surface area (Å²) in [5.74, 6) is -4.94. The van der Waals surface area contributed by atoms with E-state index in [4.69, 9.17) is 15.6 Å². The Kier molecular flexibility index (Phi) is 7.81. The van der Waals surface area contributed by atoms with Crippen LogP contribution >= 0.6 is 11.8 Å². The Balaban J connectivity index is 2.36. The molecule has 31 heavy (non-hydrogen) atoms. The van der Waals surface area contributed by atoms with Crippen LogP contribution in [0.5, 0.6) is 0 Å². The van der Waals surface area contributed by atoms with Gasteiger partial charge >= 0.3 is 11.9 Å². The Morgan fingerprint density at radius 1 is 1.32 bits per heavy atom. The van der Waals surface area contributed by atoms with Gasteiger partial charge in [0.05, 0.1) is 6.61 Å². The Morgan fingerprint density at radius 3 is 2.45 bits per heavy atom. The minimum absolute atomic E-state index is 0.0147. The average molecular weight is 459 g/mol. The van der Waals surface area contributed by atoms with E-state index in [1.807, 2.05) is 0 Å². The van der Waals surface area contributed by atoms with Crippen LogP contribution in [0.15, 0.2) is 11.3 Å². The van der Waals surface area contributed by atoms with Gasteiger partial charge in [-0.15, -0.1) is 11.8 Å². The zero-order chi connectivity index (χ0) is 23.5. The number of hydrogen-bond donors (Lipinski definition) is 4. The van der Waals surface area contributed by atoms with Crippen LogP contribution in [-0.2, 0) is 28.7 Å². The number of rotatable bonds is 10. The van der Waals surface area contributed by atoms with Gasteiger partial charge in [0.1, 0.15) is 17.1 Å². The summed E-state index contributed by atoms with van der Waals surface area (Å²) in [6.07, 6.45) is -0.338. The molecule has 1 saturated heterocycles. The van der Waals surface area contributed by atoms with Crippen molar-refractivity contribution in [2.75, 3.05) is 19.5 Å². The Morgan fingerprint density at radius 2 is 1.97 bits per heavy atom. The first-order chi connectivity index (χ1) is 14.6. The van der Waals surface area contributed by atoms with Gasteiger partial charge in [0.25, 0.3) is 11.6 Å². The summed E-state index contributed by atoms with van der Waals surface area (Å²) in [6.45, 7) is 0.930. The molecule has 2 heterocycles. The van der Waals surface area contributed by atoms with Crippen molar-refractivity contribution in [2.24, 2.45) is 5.73 Å².